The zero-order valence-corrected chi connectivity index (χ0v) is 14.3. The van der Waals surface area contributed by atoms with Gasteiger partial charge in [-0.25, -0.2) is 0 Å². The van der Waals surface area contributed by atoms with E-state index in [9.17, 15) is 9.90 Å². The molecular weight excluding hydrogens is 281 g/mol. The first-order chi connectivity index (χ1) is 5.06. The van der Waals surface area contributed by atoms with E-state index in [-0.39, 0.29) is 82.1 Å². The summed E-state index contributed by atoms with van der Waals surface area (Å²) in [6, 6.07) is 0. The van der Waals surface area contributed by atoms with E-state index in [4.69, 9.17) is 9.47 Å². The second kappa shape index (κ2) is 7.81. The molecule has 0 spiro atoms. The van der Waals surface area contributed by atoms with Gasteiger partial charge < -0.3 is 19.4 Å². The molecule has 0 aliphatic rings. The number of carboxylic acid groups (broad SMARTS) is 1. The Morgan fingerprint density at radius 1 is 1.33 bits per heavy atom. The molecular formula is C7H13CsO4. The number of carbonyl (C=O) groups is 1. The second-order valence-electron chi connectivity index (χ2n) is 2.10. The maximum atomic E-state index is 10.4. The van der Waals surface area contributed by atoms with Gasteiger partial charge in [-0.05, 0) is 20.8 Å². The summed E-state index contributed by atoms with van der Waals surface area (Å²) >= 11 is 0. The van der Waals surface area contributed by atoms with E-state index >= 15 is 0 Å². The molecule has 0 aromatic carbocycles. The second-order valence-corrected chi connectivity index (χ2v) is 2.10. The average Bonchev–Trinajstić information content (AvgIpc) is 1.88. The fourth-order valence-electron chi connectivity index (χ4n) is 0.710. The minimum absolute atomic E-state index is 0. The monoisotopic (exact) mass is 294 g/mol. The molecule has 0 atom stereocenters. The molecule has 0 fully saturated rings. The maximum absolute atomic E-state index is 10.4. The molecule has 5 heteroatoms. The van der Waals surface area contributed by atoms with Gasteiger partial charge in [0.1, 0.15) is 5.97 Å². The molecule has 0 saturated carbocycles. The van der Waals surface area contributed by atoms with Crippen LogP contribution in [0.1, 0.15) is 20.8 Å². The summed E-state index contributed by atoms with van der Waals surface area (Å²) in [4.78, 5) is 10.4. The Balaban J connectivity index is 0. The quantitative estimate of drug-likeness (QED) is 0.494. The van der Waals surface area contributed by atoms with Crippen LogP contribution < -0.4 is 74.0 Å². The van der Waals surface area contributed by atoms with E-state index in [2.05, 4.69) is 0 Å². The van der Waals surface area contributed by atoms with E-state index in [0.29, 0.717) is 0 Å². The van der Waals surface area contributed by atoms with Crippen LogP contribution in [-0.2, 0) is 14.3 Å². The van der Waals surface area contributed by atoms with E-state index in [1.54, 1.807) is 13.8 Å². The number of hydrogen-bond acceptors (Lipinski definition) is 4. The van der Waals surface area contributed by atoms with Crippen molar-refractivity contribution in [2.75, 3.05) is 13.2 Å². The van der Waals surface area contributed by atoms with E-state index < -0.39 is 11.8 Å². The van der Waals surface area contributed by atoms with Crippen molar-refractivity contribution in [3.63, 3.8) is 0 Å². The van der Waals surface area contributed by atoms with Crippen LogP contribution in [0.2, 0.25) is 0 Å². The summed E-state index contributed by atoms with van der Waals surface area (Å²) in [5.41, 5.74) is 0. The van der Waals surface area contributed by atoms with Crippen molar-refractivity contribution in [2.24, 2.45) is 0 Å². The first kappa shape index (κ1) is 15.9. The van der Waals surface area contributed by atoms with Crippen molar-refractivity contribution in [2.45, 2.75) is 26.6 Å². The smallest absolute Gasteiger partial charge is 0.544 e. The standard InChI is InChI=1S/C7H14O4.Cs/c1-4-10-7(3,6(8)9)11-5-2;/h4-5H2,1-3H3,(H,8,9);/q;+1/p-1. The average molecular weight is 294 g/mol. The van der Waals surface area contributed by atoms with Crippen LogP contribution in [0.25, 0.3) is 0 Å². The summed E-state index contributed by atoms with van der Waals surface area (Å²) in [5.74, 6) is -2.94. The Morgan fingerprint density at radius 3 is 1.83 bits per heavy atom. The van der Waals surface area contributed by atoms with Gasteiger partial charge in [0, 0.05) is 13.2 Å². The van der Waals surface area contributed by atoms with Crippen LogP contribution in [0.3, 0.4) is 0 Å². The molecule has 0 heterocycles. The van der Waals surface area contributed by atoms with Gasteiger partial charge in [0.05, 0.1) is 0 Å². The third kappa shape index (κ3) is 5.23. The van der Waals surface area contributed by atoms with Crippen molar-refractivity contribution in [1.29, 1.82) is 0 Å². The molecule has 66 valence electrons. The van der Waals surface area contributed by atoms with E-state index in [1.165, 1.54) is 6.92 Å². The molecule has 0 bridgehead atoms. The van der Waals surface area contributed by atoms with Gasteiger partial charge in [-0.2, -0.15) is 0 Å². The van der Waals surface area contributed by atoms with Crippen LogP contribution in [0.4, 0.5) is 0 Å². The van der Waals surface area contributed by atoms with Crippen LogP contribution in [0.5, 0.6) is 0 Å². The molecule has 12 heavy (non-hydrogen) atoms. The molecule has 0 aliphatic carbocycles. The molecule has 0 saturated heterocycles. The first-order valence-electron chi connectivity index (χ1n) is 3.56. The number of hydrogen-bond donors (Lipinski definition) is 0. The third-order valence-electron chi connectivity index (χ3n) is 1.21. The number of carboxylic acids is 1. The normalized spacial score (nSPS) is 10.6. The Kier molecular flexibility index (Phi) is 10.3. The number of aliphatic carboxylic acids is 1. The molecule has 4 nitrogen and oxygen atoms in total. The molecule has 0 amide bonds. The fourth-order valence-corrected chi connectivity index (χ4v) is 0.710. The third-order valence-corrected chi connectivity index (χ3v) is 1.21. The van der Waals surface area contributed by atoms with Gasteiger partial charge in [-0.15, -0.1) is 0 Å². The van der Waals surface area contributed by atoms with Crippen LogP contribution in [-0.4, -0.2) is 25.0 Å². The minimum atomic E-state index is -1.59. The van der Waals surface area contributed by atoms with Gasteiger partial charge in [-0.1, -0.05) is 0 Å². The molecule has 0 rings (SSSR count). The predicted octanol–water partition coefficient (Wildman–Crippen LogP) is -3.47. The van der Waals surface area contributed by atoms with E-state index in [0.717, 1.165) is 0 Å². The maximum Gasteiger partial charge on any atom is 1.00 e. The summed E-state index contributed by atoms with van der Waals surface area (Å²) in [5, 5.41) is 10.4. The number of ether oxygens (including phenoxy) is 2. The summed E-state index contributed by atoms with van der Waals surface area (Å²) in [6.07, 6.45) is 0. The zero-order valence-electron chi connectivity index (χ0n) is 8.05. The Labute approximate surface area is 131 Å². The Bertz CT molecular complexity index is 131. The minimum Gasteiger partial charge on any atom is -0.544 e. The molecule has 0 aromatic rings. The van der Waals surface area contributed by atoms with Gasteiger partial charge in [0.15, 0.2) is 0 Å². The van der Waals surface area contributed by atoms with Crippen molar-refractivity contribution in [3.8, 4) is 0 Å². The van der Waals surface area contributed by atoms with E-state index in [1.807, 2.05) is 0 Å². The molecule has 0 aliphatic heterocycles. The Morgan fingerprint density at radius 2 is 1.67 bits per heavy atom. The van der Waals surface area contributed by atoms with Crippen molar-refractivity contribution < 1.29 is 88.3 Å². The zero-order chi connectivity index (χ0) is 8.91. The topological polar surface area (TPSA) is 58.6 Å². The van der Waals surface area contributed by atoms with Gasteiger partial charge >= 0.3 is 68.9 Å². The molecule has 0 unspecified atom stereocenters. The van der Waals surface area contributed by atoms with Crippen molar-refractivity contribution >= 4 is 5.97 Å². The van der Waals surface area contributed by atoms with Crippen LogP contribution in [0.15, 0.2) is 0 Å². The first-order valence-corrected chi connectivity index (χ1v) is 3.56. The van der Waals surface area contributed by atoms with Crippen molar-refractivity contribution in [1.82, 2.24) is 0 Å². The fraction of sp³-hybridized carbons (Fsp3) is 0.857. The van der Waals surface area contributed by atoms with Gasteiger partial charge in [-0.3, -0.25) is 0 Å². The number of carbonyl (C=O) groups excluding carboxylic acids is 1. The molecule has 0 radical (unpaired) electrons. The summed E-state index contributed by atoms with van der Waals surface area (Å²) in [7, 11) is 0. The van der Waals surface area contributed by atoms with Crippen molar-refractivity contribution in [3.05, 3.63) is 0 Å². The SMILES string of the molecule is CCOC(C)(OCC)C(=O)[O-].[Cs+]. The largest absolute Gasteiger partial charge is 1.00 e. The van der Waals surface area contributed by atoms with Gasteiger partial charge in [0.2, 0.25) is 5.79 Å². The van der Waals surface area contributed by atoms with Crippen LogP contribution >= 0.6 is 0 Å². The van der Waals surface area contributed by atoms with Crippen LogP contribution in [0, 0.1) is 0 Å². The summed E-state index contributed by atoms with van der Waals surface area (Å²) < 4.78 is 9.69. The molecule has 0 aromatic heterocycles. The van der Waals surface area contributed by atoms with Gasteiger partial charge in [0.25, 0.3) is 0 Å². The number of rotatable bonds is 5. The molecule has 0 N–H and O–H groups in total. The summed E-state index contributed by atoms with van der Waals surface area (Å²) in [6.45, 7) is 5.28. The Hall–Kier alpha value is 1.44. The predicted molar refractivity (Wildman–Crippen MR) is 36.7 cm³/mol.